The molecule has 154 valence electrons. The summed E-state index contributed by atoms with van der Waals surface area (Å²) in [4.78, 5) is 26.7. The molecule has 0 saturated carbocycles. The Morgan fingerprint density at radius 3 is 2.24 bits per heavy atom. The van der Waals surface area contributed by atoms with Crippen LogP contribution in [0.25, 0.3) is 0 Å². The number of urea groups is 1. The van der Waals surface area contributed by atoms with Crippen LogP contribution < -0.4 is 15.4 Å². The molecule has 7 heteroatoms. The van der Waals surface area contributed by atoms with E-state index in [0.29, 0.717) is 39.1 Å². The number of para-hydroxylation sites is 1. The van der Waals surface area contributed by atoms with Gasteiger partial charge < -0.3 is 25.0 Å². The van der Waals surface area contributed by atoms with Crippen LogP contribution in [0.3, 0.4) is 0 Å². The van der Waals surface area contributed by atoms with Crippen LogP contribution in [0.15, 0.2) is 54.6 Å². The highest BCUT2D eigenvalue weighted by Crippen LogP contribution is 2.22. The second-order valence-corrected chi connectivity index (χ2v) is 6.91. The number of carbonyl (C=O) groups is 2. The van der Waals surface area contributed by atoms with Gasteiger partial charge in [0.2, 0.25) is 5.91 Å². The molecule has 2 aromatic rings. The van der Waals surface area contributed by atoms with E-state index in [4.69, 9.17) is 9.47 Å². The molecular weight excluding hydrogens is 370 g/mol. The van der Waals surface area contributed by atoms with Crippen LogP contribution in [0.1, 0.15) is 12.8 Å². The number of likely N-dealkylation sites (tertiary alicyclic amines) is 1. The molecule has 0 bridgehead atoms. The van der Waals surface area contributed by atoms with Gasteiger partial charge in [0.05, 0.1) is 6.61 Å². The van der Waals surface area contributed by atoms with Gasteiger partial charge in [-0.2, -0.15) is 0 Å². The van der Waals surface area contributed by atoms with E-state index in [9.17, 15) is 9.59 Å². The Kier molecular flexibility index (Phi) is 7.47. The first-order chi connectivity index (χ1) is 14.2. The minimum Gasteiger partial charge on any atom is -0.491 e. The summed E-state index contributed by atoms with van der Waals surface area (Å²) < 4.78 is 10.5. The van der Waals surface area contributed by atoms with Crippen molar-refractivity contribution in [1.29, 1.82) is 0 Å². The highest BCUT2D eigenvalue weighted by atomic mass is 16.5. The lowest BCUT2D eigenvalue weighted by Gasteiger charge is -2.31. The molecule has 0 aromatic heterocycles. The first-order valence-electron chi connectivity index (χ1n) is 9.79. The fourth-order valence-electron chi connectivity index (χ4n) is 3.19. The Hall–Kier alpha value is -3.06. The molecule has 2 aromatic carbocycles. The smallest absolute Gasteiger partial charge is 0.321 e. The average Bonchev–Trinajstić information content (AvgIpc) is 2.76. The second kappa shape index (κ2) is 10.5. The van der Waals surface area contributed by atoms with Gasteiger partial charge in [0.25, 0.3) is 0 Å². The number of carbonyl (C=O) groups excluding carboxylic acids is 2. The second-order valence-electron chi connectivity index (χ2n) is 6.91. The highest BCUT2D eigenvalue weighted by Gasteiger charge is 2.27. The summed E-state index contributed by atoms with van der Waals surface area (Å²) in [6, 6.07) is 16.5. The van der Waals surface area contributed by atoms with Crippen molar-refractivity contribution in [3.05, 3.63) is 54.6 Å². The summed E-state index contributed by atoms with van der Waals surface area (Å²) in [7, 11) is 1.63. The lowest BCUT2D eigenvalue weighted by molar-refractivity contribution is -0.121. The summed E-state index contributed by atoms with van der Waals surface area (Å²) in [6.07, 6.45) is 1.29. The Bertz CT molecular complexity index is 787. The quantitative estimate of drug-likeness (QED) is 0.700. The van der Waals surface area contributed by atoms with E-state index in [2.05, 4.69) is 10.6 Å². The Balaban J connectivity index is 1.43. The van der Waals surface area contributed by atoms with Crippen molar-refractivity contribution in [1.82, 2.24) is 4.90 Å². The van der Waals surface area contributed by atoms with Gasteiger partial charge in [0, 0.05) is 37.5 Å². The van der Waals surface area contributed by atoms with Crippen molar-refractivity contribution in [3.8, 4) is 5.75 Å². The number of methoxy groups -OCH3 is 1. The number of hydrogen-bond donors (Lipinski definition) is 2. The van der Waals surface area contributed by atoms with Crippen molar-refractivity contribution in [3.63, 3.8) is 0 Å². The molecule has 7 nitrogen and oxygen atoms in total. The van der Waals surface area contributed by atoms with Gasteiger partial charge in [-0.05, 0) is 49.2 Å². The van der Waals surface area contributed by atoms with Gasteiger partial charge in [-0.15, -0.1) is 0 Å². The maximum absolute atomic E-state index is 12.6. The van der Waals surface area contributed by atoms with Gasteiger partial charge in [-0.25, -0.2) is 4.79 Å². The summed E-state index contributed by atoms with van der Waals surface area (Å²) in [6.45, 7) is 2.13. The molecule has 1 fully saturated rings. The van der Waals surface area contributed by atoms with Crippen molar-refractivity contribution in [2.24, 2.45) is 5.92 Å². The summed E-state index contributed by atoms with van der Waals surface area (Å²) in [5.74, 6) is 0.618. The zero-order valence-electron chi connectivity index (χ0n) is 16.6. The molecule has 3 amide bonds. The molecule has 0 radical (unpaired) electrons. The van der Waals surface area contributed by atoms with Crippen LogP contribution in [-0.2, 0) is 9.53 Å². The van der Waals surface area contributed by atoms with Crippen LogP contribution in [0, 0.1) is 5.92 Å². The summed E-state index contributed by atoms with van der Waals surface area (Å²) in [5, 5.41) is 5.84. The van der Waals surface area contributed by atoms with Crippen LogP contribution >= 0.6 is 0 Å². The third kappa shape index (κ3) is 6.22. The Labute approximate surface area is 171 Å². The van der Waals surface area contributed by atoms with Crippen LogP contribution in [0.2, 0.25) is 0 Å². The minimum absolute atomic E-state index is 0.0128. The standard InChI is InChI=1S/C22H27N3O4/c1-28-15-16-29-20-9-7-19(8-10-20)23-21(26)17-11-13-25(14-12-17)22(27)24-18-5-3-2-4-6-18/h2-10,17H,11-16H2,1H3,(H,23,26)(H,24,27). The molecule has 0 aliphatic carbocycles. The topological polar surface area (TPSA) is 79.9 Å². The van der Waals surface area contributed by atoms with E-state index in [1.54, 1.807) is 12.0 Å². The van der Waals surface area contributed by atoms with Gasteiger partial charge in [-0.1, -0.05) is 18.2 Å². The number of benzene rings is 2. The van der Waals surface area contributed by atoms with Crippen molar-refractivity contribution in [2.75, 3.05) is 44.0 Å². The number of ether oxygens (including phenoxy) is 2. The number of anilines is 2. The number of amides is 3. The van der Waals surface area contributed by atoms with Gasteiger partial charge in [0.1, 0.15) is 12.4 Å². The van der Waals surface area contributed by atoms with E-state index in [-0.39, 0.29) is 17.9 Å². The number of piperidine rings is 1. The number of hydrogen-bond acceptors (Lipinski definition) is 4. The normalized spacial score (nSPS) is 14.3. The van der Waals surface area contributed by atoms with Crippen LogP contribution in [0.4, 0.5) is 16.2 Å². The fraction of sp³-hybridized carbons (Fsp3) is 0.364. The molecule has 1 aliphatic heterocycles. The lowest BCUT2D eigenvalue weighted by Crippen LogP contribution is -2.43. The summed E-state index contributed by atoms with van der Waals surface area (Å²) >= 11 is 0. The molecule has 3 rings (SSSR count). The van der Waals surface area contributed by atoms with E-state index in [1.165, 1.54) is 0 Å². The lowest BCUT2D eigenvalue weighted by atomic mass is 9.96. The zero-order valence-corrected chi connectivity index (χ0v) is 16.6. The largest absolute Gasteiger partial charge is 0.491 e. The van der Waals surface area contributed by atoms with E-state index < -0.39 is 0 Å². The first-order valence-corrected chi connectivity index (χ1v) is 9.79. The third-order valence-electron chi connectivity index (χ3n) is 4.86. The molecule has 1 heterocycles. The monoisotopic (exact) mass is 397 g/mol. The maximum atomic E-state index is 12.6. The molecular formula is C22H27N3O4. The molecule has 1 aliphatic rings. The molecule has 0 spiro atoms. The highest BCUT2D eigenvalue weighted by molar-refractivity contribution is 5.93. The van der Waals surface area contributed by atoms with Crippen molar-refractivity contribution < 1.29 is 19.1 Å². The van der Waals surface area contributed by atoms with Gasteiger partial charge >= 0.3 is 6.03 Å². The molecule has 0 unspecified atom stereocenters. The molecule has 2 N–H and O–H groups in total. The van der Waals surface area contributed by atoms with E-state index >= 15 is 0 Å². The first kappa shape index (κ1) is 20.7. The van der Waals surface area contributed by atoms with Crippen LogP contribution in [0.5, 0.6) is 5.75 Å². The van der Waals surface area contributed by atoms with Gasteiger partial charge in [-0.3, -0.25) is 4.79 Å². The zero-order chi connectivity index (χ0) is 20.5. The number of rotatable bonds is 7. The predicted octanol–water partition coefficient (Wildman–Crippen LogP) is 3.59. The van der Waals surface area contributed by atoms with E-state index in [0.717, 1.165) is 17.1 Å². The molecule has 1 saturated heterocycles. The minimum atomic E-state index is -0.126. The summed E-state index contributed by atoms with van der Waals surface area (Å²) in [5.41, 5.74) is 1.50. The Morgan fingerprint density at radius 2 is 1.59 bits per heavy atom. The number of nitrogens with one attached hydrogen (secondary N) is 2. The molecule has 29 heavy (non-hydrogen) atoms. The predicted molar refractivity (Wildman–Crippen MR) is 112 cm³/mol. The van der Waals surface area contributed by atoms with Crippen LogP contribution in [-0.4, -0.2) is 50.3 Å². The molecule has 0 atom stereocenters. The Morgan fingerprint density at radius 1 is 0.931 bits per heavy atom. The maximum Gasteiger partial charge on any atom is 0.321 e. The van der Waals surface area contributed by atoms with Crippen molar-refractivity contribution >= 4 is 23.3 Å². The average molecular weight is 397 g/mol. The van der Waals surface area contributed by atoms with Crippen molar-refractivity contribution in [2.45, 2.75) is 12.8 Å². The fourth-order valence-corrected chi connectivity index (χ4v) is 3.19. The third-order valence-corrected chi connectivity index (χ3v) is 4.86. The number of nitrogens with zero attached hydrogens (tertiary/aromatic N) is 1. The SMILES string of the molecule is COCCOc1ccc(NC(=O)C2CCN(C(=O)Nc3ccccc3)CC2)cc1. The van der Waals surface area contributed by atoms with E-state index in [1.807, 2.05) is 54.6 Å². The van der Waals surface area contributed by atoms with Gasteiger partial charge in [0.15, 0.2) is 0 Å².